The van der Waals surface area contributed by atoms with Crippen molar-refractivity contribution in [3.63, 3.8) is 0 Å². The number of benzene rings is 1. The van der Waals surface area contributed by atoms with E-state index in [0.717, 1.165) is 35.9 Å². The maximum atomic E-state index is 12.8. The maximum Gasteiger partial charge on any atom is 0.416 e. The Morgan fingerprint density at radius 1 is 1.23 bits per heavy atom. The summed E-state index contributed by atoms with van der Waals surface area (Å²) in [6, 6.07) is 6.82. The number of aryl methyl sites for hydroxylation is 1. The maximum absolute atomic E-state index is 12.8. The lowest BCUT2D eigenvalue weighted by Gasteiger charge is -2.32. The van der Waals surface area contributed by atoms with E-state index >= 15 is 0 Å². The zero-order chi connectivity index (χ0) is 21.8. The standard InChI is InChI=1S/C21H22F3N5O2/c1-28-16(5-9-30-17-4-2-3-15(11-17)21(22,23)24)12-18(27-28)19-14-29(8-10-31-19)20-13-25-6-7-26-20/h2-4,6-7,11-13,19H,5,8-10,14H2,1H3/t19-/m1/s1. The summed E-state index contributed by atoms with van der Waals surface area (Å²) in [5, 5.41) is 4.56. The van der Waals surface area contributed by atoms with Gasteiger partial charge >= 0.3 is 6.18 Å². The van der Waals surface area contributed by atoms with Crippen LogP contribution in [0.25, 0.3) is 0 Å². The third kappa shape index (κ3) is 5.13. The molecule has 10 heteroatoms. The fourth-order valence-corrected chi connectivity index (χ4v) is 3.45. The van der Waals surface area contributed by atoms with Crippen LogP contribution in [-0.2, 0) is 24.4 Å². The van der Waals surface area contributed by atoms with E-state index in [1.807, 2.05) is 13.1 Å². The van der Waals surface area contributed by atoms with E-state index in [2.05, 4.69) is 20.0 Å². The van der Waals surface area contributed by atoms with E-state index in [4.69, 9.17) is 9.47 Å². The van der Waals surface area contributed by atoms with Gasteiger partial charge in [0.1, 0.15) is 17.7 Å². The fraction of sp³-hybridized carbons (Fsp3) is 0.381. The highest BCUT2D eigenvalue weighted by molar-refractivity contribution is 5.36. The first-order chi connectivity index (χ1) is 14.9. The molecule has 1 aliphatic rings. The molecule has 3 heterocycles. The van der Waals surface area contributed by atoms with E-state index in [9.17, 15) is 13.2 Å². The molecule has 0 aliphatic carbocycles. The Hall–Kier alpha value is -3.14. The van der Waals surface area contributed by atoms with Gasteiger partial charge in [-0.15, -0.1) is 0 Å². The van der Waals surface area contributed by atoms with Gasteiger partial charge in [0, 0.05) is 38.1 Å². The number of rotatable bonds is 6. The lowest BCUT2D eigenvalue weighted by molar-refractivity contribution is -0.137. The molecular weight excluding hydrogens is 411 g/mol. The first kappa shape index (κ1) is 21.1. The Kier molecular flexibility index (Phi) is 6.08. The number of nitrogens with zero attached hydrogens (tertiary/aromatic N) is 5. The lowest BCUT2D eigenvalue weighted by atomic mass is 10.2. The second-order valence-corrected chi connectivity index (χ2v) is 7.18. The second kappa shape index (κ2) is 8.93. The van der Waals surface area contributed by atoms with Crippen molar-refractivity contribution >= 4 is 5.82 Å². The molecule has 0 N–H and O–H groups in total. The van der Waals surface area contributed by atoms with E-state index in [1.165, 1.54) is 12.1 Å². The van der Waals surface area contributed by atoms with E-state index in [0.29, 0.717) is 19.6 Å². The van der Waals surface area contributed by atoms with E-state index in [-0.39, 0.29) is 18.5 Å². The molecule has 1 fully saturated rings. The summed E-state index contributed by atoms with van der Waals surface area (Å²) in [6.07, 6.45) is 0.907. The highest BCUT2D eigenvalue weighted by Crippen LogP contribution is 2.31. The molecule has 3 aromatic rings. The van der Waals surface area contributed by atoms with Gasteiger partial charge in [0.2, 0.25) is 0 Å². The average molecular weight is 433 g/mol. The molecule has 1 aliphatic heterocycles. The molecular formula is C21H22F3N5O2. The van der Waals surface area contributed by atoms with Crippen LogP contribution in [0.3, 0.4) is 0 Å². The molecule has 164 valence electrons. The van der Waals surface area contributed by atoms with Crippen molar-refractivity contribution in [3.05, 3.63) is 65.9 Å². The monoisotopic (exact) mass is 433 g/mol. The molecule has 0 amide bonds. The van der Waals surface area contributed by atoms with Crippen molar-refractivity contribution in [2.24, 2.45) is 7.05 Å². The third-order valence-corrected chi connectivity index (χ3v) is 5.05. The number of hydrogen-bond donors (Lipinski definition) is 0. The normalized spacial score (nSPS) is 17.0. The molecule has 0 bridgehead atoms. The number of morpholine rings is 1. The minimum Gasteiger partial charge on any atom is -0.493 e. The number of hydrogen-bond acceptors (Lipinski definition) is 6. The smallest absolute Gasteiger partial charge is 0.416 e. The number of alkyl halides is 3. The Bertz CT molecular complexity index is 1010. The molecule has 1 saturated heterocycles. The highest BCUT2D eigenvalue weighted by atomic mass is 19.4. The van der Waals surface area contributed by atoms with Crippen LogP contribution in [0.4, 0.5) is 19.0 Å². The van der Waals surface area contributed by atoms with Gasteiger partial charge in [0.25, 0.3) is 0 Å². The van der Waals surface area contributed by atoms with Crippen LogP contribution in [0.15, 0.2) is 48.9 Å². The van der Waals surface area contributed by atoms with Gasteiger partial charge in [-0.3, -0.25) is 9.67 Å². The van der Waals surface area contributed by atoms with Gasteiger partial charge < -0.3 is 14.4 Å². The molecule has 1 aromatic carbocycles. The Morgan fingerprint density at radius 3 is 2.87 bits per heavy atom. The zero-order valence-electron chi connectivity index (χ0n) is 16.9. The summed E-state index contributed by atoms with van der Waals surface area (Å²) >= 11 is 0. The summed E-state index contributed by atoms with van der Waals surface area (Å²) in [7, 11) is 1.83. The Balaban J connectivity index is 1.37. The van der Waals surface area contributed by atoms with Crippen LogP contribution in [0.2, 0.25) is 0 Å². The average Bonchev–Trinajstić information content (AvgIpc) is 3.15. The fourth-order valence-electron chi connectivity index (χ4n) is 3.45. The van der Waals surface area contributed by atoms with Crippen molar-refractivity contribution in [1.82, 2.24) is 19.7 Å². The van der Waals surface area contributed by atoms with Gasteiger partial charge in [-0.25, -0.2) is 4.98 Å². The highest BCUT2D eigenvalue weighted by Gasteiger charge is 2.30. The lowest BCUT2D eigenvalue weighted by Crippen LogP contribution is -2.39. The number of ether oxygens (including phenoxy) is 2. The molecule has 4 rings (SSSR count). The van der Waals surface area contributed by atoms with Crippen molar-refractivity contribution in [2.45, 2.75) is 18.7 Å². The third-order valence-electron chi connectivity index (χ3n) is 5.05. The summed E-state index contributed by atoms with van der Waals surface area (Å²) in [5.74, 6) is 0.980. The molecule has 1 atom stereocenters. The van der Waals surface area contributed by atoms with E-state index < -0.39 is 11.7 Å². The van der Waals surface area contributed by atoms with Gasteiger partial charge in [-0.2, -0.15) is 18.3 Å². The molecule has 2 aromatic heterocycles. The molecule has 0 unspecified atom stereocenters. The Morgan fingerprint density at radius 2 is 2.10 bits per heavy atom. The minimum atomic E-state index is -4.39. The van der Waals surface area contributed by atoms with Crippen LogP contribution in [0.5, 0.6) is 5.75 Å². The van der Waals surface area contributed by atoms with Crippen molar-refractivity contribution in [1.29, 1.82) is 0 Å². The SMILES string of the molecule is Cn1nc([C@H]2CN(c3cnccn3)CCO2)cc1CCOc1cccc(C(F)(F)F)c1. The first-order valence-corrected chi connectivity index (χ1v) is 9.85. The first-order valence-electron chi connectivity index (χ1n) is 9.85. The summed E-state index contributed by atoms with van der Waals surface area (Å²) in [4.78, 5) is 10.6. The van der Waals surface area contributed by atoms with Gasteiger partial charge in [0.15, 0.2) is 0 Å². The predicted molar refractivity (Wildman–Crippen MR) is 107 cm³/mol. The topological polar surface area (TPSA) is 65.3 Å². The van der Waals surface area contributed by atoms with Crippen LogP contribution in [0.1, 0.15) is 23.1 Å². The molecule has 0 radical (unpaired) electrons. The molecule has 7 nitrogen and oxygen atoms in total. The van der Waals surface area contributed by atoms with Crippen molar-refractivity contribution in [2.75, 3.05) is 31.2 Å². The quantitative estimate of drug-likeness (QED) is 0.594. The van der Waals surface area contributed by atoms with Gasteiger partial charge in [0.05, 0.1) is 37.2 Å². The van der Waals surface area contributed by atoms with Crippen LogP contribution < -0.4 is 9.64 Å². The molecule has 0 spiro atoms. The molecule has 0 saturated carbocycles. The Labute approximate surface area is 177 Å². The summed E-state index contributed by atoms with van der Waals surface area (Å²) in [6.45, 7) is 2.11. The van der Waals surface area contributed by atoms with Crippen LogP contribution >= 0.6 is 0 Å². The van der Waals surface area contributed by atoms with Crippen LogP contribution in [-0.4, -0.2) is 46.1 Å². The molecule has 31 heavy (non-hydrogen) atoms. The predicted octanol–water partition coefficient (Wildman–Crippen LogP) is 3.43. The van der Waals surface area contributed by atoms with Crippen molar-refractivity contribution in [3.8, 4) is 5.75 Å². The number of halogens is 3. The number of anilines is 1. The second-order valence-electron chi connectivity index (χ2n) is 7.18. The minimum absolute atomic E-state index is 0.187. The largest absolute Gasteiger partial charge is 0.493 e. The zero-order valence-corrected chi connectivity index (χ0v) is 16.9. The van der Waals surface area contributed by atoms with Crippen molar-refractivity contribution < 1.29 is 22.6 Å². The van der Waals surface area contributed by atoms with E-state index in [1.54, 1.807) is 23.3 Å². The number of aromatic nitrogens is 4. The van der Waals surface area contributed by atoms with Crippen LogP contribution in [0, 0.1) is 0 Å². The summed E-state index contributed by atoms with van der Waals surface area (Å²) in [5.41, 5.74) is 0.974. The van der Waals surface area contributed by atoms with Gasteiger partial charge in [-0.1, -0.05) is 6.07 Å². The summed E-state index contributed by atoms with van der Waals surface area (Å²) < 4.78 is 51.7. The van der Waals surface area contributed by atoms with Gasteiger partial charge in [-0.05, 0) is 24.3 Å².